The average molecular weight is 667 g/mol. The fourth-order valence-electron chi connectivity index (χ4n) is 6.96. The van der Waals surface area contributed by atoms with Crippen molar-refractivity contribution in [2.24, 2.45) is 4.99 Å². The first-order valence-corrected chi connectivity index (χ1v) is 17.5. The Morgan fingerprint density at radius 1 is 0.404 bits per heavy atom. The Kier molecular flexibility index (Phi) is 8.24. The first-order chi connectivity index (χ1) is 25.7. The van der Waals surface area contributed by atoms with E-state index in [2.05, 4.69) is 167 Å². The van der Waals surface area contributed by atoms with Crippen LogP contribution in [-0.4, -0.2) is 15.7 Å². The second kappa shape index (κ2) is 13.8. The molecule has 0 bridgehead atoms. The zero-order chi connectivity index (χ0) is 34.7. The molecule has 8 aromatic rings. The van der Waals surface area contributed by atoms with E-state index in [0.717, 1.165) is 78.3 Å². The minimum Gasteiger partial charge on any atom is -0.360 e. The van der Waals surface area contributed by atoms with Gasteiger partial charge in [0.1, 0.15) is 6.17 Å². The highest BCUT2D eigenvalue weighted by Gasteiger charge is 2.24. The van der Waals surface area contributed by atoms with Crippen molar-refractivity contribution in [3.05, 3.63) is 211 Å². The van der Waals surface area contributed by atoms with E-state index < -0.39 is 0 Å². The predicted octanol–water partition coefficient (Wildman–Crippen LogP) is 11.8. The minimum atomic E-state index is -0.297. The van der Waals surface area contributed by atoms with E-state index in [-0.39, 0.29) is 6.17 Å². The van der Waals surface area contributed by atoms with Crippen LogP contribution in [0, 0.1) is 0 Å². The van der Waals surface area contributed by atoms with E-state index in [1.165, 1.54) is 5.56 Å². The van der Waals surface area contributed by atoms with E-state index in [0.29, 0.717) is 0 Å². The van der Waals surface area contributed by atoms with Crippen molar-refractivity contribution in [2.75, 3.05) is 5.32 Å². The smallest absolute Gasteiger partial charge is 0.145 e. The fourth-order valence-corrected chi connectivity index (χ4v) is 6.96. The topological polar surface area (TPSA) is 50.2 Å². The number of hydrogen-bond acceptors (Lipinski definition) is 4. The highest BCUT2D eigenvalue weighted by atomic mass is 15.1. The van der Waals surface area contributed by atoms with Crippen molar-refractivity contribution < 1.29 is 0 Å². The molecular formula is C48H34N4. The zero-order valence-electron chi connectivity index (χ0n) is 28.4. The number of pyridine rings is 2. The van der Waals surface area contributed by atoms with Gasteiger partial charge in [0.05, 0.1) is 11.4 Å². The number of anilines is 1. The molecule has 1 atom stereocenters. The number of nitrogens with one attached hydrogen (secondary N) is 1. The van der Waals surface area contributed by atoms with Crippen molar-refractivity contribution in [1.29, 1.82) is 0 Å². The van der Waals surface area contributed by atoms with Gasteiger partial charge in [0.15, 0.2) is 0 Å². The van der Waals surface area contributed by atoms with Crippen LogP contribution in [0.5, 0.6) is 0 Å². The lowest BCUT2D eigenvalue weighted by Crippen LogP contribution is -2.21. The maximum absolute atomic E-state index is 5.44. The molecule has 0 fully saturated rings. The number of fused-ring (bicyclic) bond motifs is 1. The molecule has 2 aromatic heterocycles. The van der Waals surface area contributed by atoms with Crippen LogP contribution in [0.2, 0.25) is 0 Å². The number of benzene rings is 6. The van der Waals surface area contributed by atoms with Crippen LogP contribution in [-0.2, 0) is 0 Å². The van der Waals surface area contributed by atoms with Crippen LogP contribution in [0.1, 0.15) is 22.9 Å². The Morgan fingerprint density at radius 3 is 1.73 bits per heavy atom. The largest absolute Gasteiger partial charge is 0.360 e. The molecule has 0 saturated heterocycles. The molecule has 1 unspecified atom stereocenters. The second-order valence-corrected chi connectivity index (χ2v) is 13.0. The Labute approximate surface area is 303 Å². The molecule has 52 heavy (non-hydrogen) atoms. The number of aromatic nitrogens is 2. The normalized spacial score (nSPS) is 13.5. The van der Waals surface area contributed by atoms with E-state index in [1.54, 1.807) is 0 Å². The molecule has 4 nitrogen and oxygen atoms in total. The van der Waals surface area contributed by atoms with Crippen molar-refractivity contribution in [3.63, 3.8) is 0 Å². The molecule has 0 amide bonds. The number of rotatable bonds is 7. The van der Waals surface area contributed by atoms with Gasteiger partial charge in [0.2, 0.25) is 0 Å². The summed E-state index contributed by atoms with van der Waals surface area (Å²) in [4.78, 5) is 14.4. The van der Waals surface area contributed by atoms with Crippen LogP contribution in [0.15, 0.2) is 200 Å². The average Bonchev–Trinajstić information content (AvgIpc) is 3.24. The van der Waals surface area contributed by atoms with Crippen LogP contribution in [0.3, 0.4) is 0 Å². The highest BCUT2D eigenvalue weighted by molar-refractivity contribution is 6.17. The molecule has 0 radical (unpaired) electrons. The quantitative estimate of drug-likeness (QED) is 0.184. The van der Waals surface area contributed by atoms with Gasteiger partial charge in [-0.2, -0.15) is 0 Å². The van der Waals surface area contributed by atoms with Crippen molar-refractivity contribution in [1.82, 2.24) is 9.97 Å². The standard InChI is InChI=1S/C48H34N4/c1-3-11-33(12-4-1)38-23-24-46-44(31-38)47(36-13-5-2-6-14-36)52-48(51-46)43-29-41(28-42(30-43)40-17-10-25-49-32-40)35-21-19-34(20-22-35)37-15-9-16-39(27-37)45-18-7-8-26-50-45/h1-32,48,51H. The lowest BCUT2D eigenvalue weighted by Gasteiger charge is -2.27. The summed E-state index contributed by atoms with van der Waals surface area (Å²) in [6, 6.07) is 61.9. The van der Waals surface area contributed by atoms with E-state index in [4.69, 9.17) is 4.99 Å². The lowest BCUT2D eigenvalue weighted by atomic mass is 9.92. The first kappa shape index (κ1) is 31.1. The monoisotopic (exact) mass is 666 g/mol. The van der Waals surface area contributed by atoms with Gasteiger partial charge in [-0.15, -0.1) is 0 Å². The summed E-state index contributed by atoms with van der Waals surface area (Å²) < 4.78 is 0. The minimum absolute atomic E-state index is 0.297. The number of aliphatic imine (C=N–C) groups is 1. The maximum Gasteiger partial charge on any atom is 0.145 e. The molecule has 0 aliphatic carbocycles. The first-order valence-electron chi connectivity index (χ1n) is 17.5. The molecule has 1 aliphatic heterocycles. The maximum atomic E-state index is 5.44. The van der Waals surface area contributed by atoms with Crippen LogP contribution < -0.4 is 5.32 Å². The molecular weight excluding hydrogens is 633 g/mol. The summed E-state index contributed by atoms with van der Waals surface area (Å²) >= 11 is 0. The third-order valence-corrected chi connectivity index (χ3v) is 9.62. The van der Waals surface area contributed by atoms with Crippen molar-refractivity contribution >= 4 is 11.4 Å². The summed E-state index contributed by atoms with van der Waals surface area (Å²) in [5.41, 5.74) is 16.4. The van der Waals surface area contributed by atoms with Crippen LogP contribution >= 0.6 is 0 Å². The van der Waals surface area contributed by atoms with Crippen LogP contribution in [0.25, 0.3) is 55.8 Å². The summed E-state index contributed by atoms with van der Waals surface area (Å²) in [7, 11) is 0. The molecule has 0 spiro atoms. The third kappa shape index (κ3) is 6.30. The molecule has 1 N–H and O–H groups in total. The molecule has 0 saturated carbocycles. The molecule has 3 heterocycles. The van der Waals surface area contributed by atoms with E-state index in [9.17, 15) is 0 Å². The van der Waals surface area contributed by atoms with Gasteiger partial charge in [-0.05, 0) is 99.1 Å². The van der Waals surface area contributed by atoms with Gasteiger partial charge < -0.3 is 5.32 Å². The summed E-state index contributed by atoms with van der Waals surface area (Å²) in [6.45, 7) is 0. The zero-order valence-corrected chi connectivity index (χ0v) is 28.4. The van der Waals surface area contributed by atoms with Crippen molar-refractivity contribution in [3.8, 4) is 55.8 Å². The third-order valence-electron chi connectivity index (χ3n) is 9.62. The van der Waals surface area contributed by atoms with Crippen LogP contribution in [0.4, 0.5) is 5.69 Å². The Bertz CT molecular complexity index is 2510. The number of hydrogen-bond donors (Lipinski definition) is 1. The Hall–Kier alpha value is -6.91. The van der Waals surface area contributed by atoms with Gasteiger partial charge in [0.25, 0.3) is 0 Å². The summed E-state index contributed by atoms with van der Waals surface area (Å²) in [6.07, 6.45) is 5.28. The van der Waals surface area contributed by atoms with Crippen molar-refractivity contribution in [2.45, 2.75) is 6.17 Å². The SMILES string of the molecule is c1ccc(C2=NC(c3cc(-c4ccc(-c5cccc(-c6ccccn6)c5)cc4)cc(-c4cccnc4)c3)Nc3ccc(-c4ccccc4)cc32)cc1. The van der Waals surface area contributed by atoms with E-state index >= 15 is 0 Å². The molecule has 1 aliphatic rings. The molecule has 246 valence electrons. The molecule has 4 heteroatoms. The highest BCUT2D eigenvalue weighted by Crippen LogP contribution is 2.38. The van der Waals surface area contributed by atoms with Gasteiger partial charge >= 0.3 is 0 Å². The van der Waals surface area contributed by atoms with Gasteiger partial charge in [0, 0.05) is 46.5 Å². The lowest BCUT2D eigenvalue weighted by molar-refractivity contribution is 0.829. The van der Waals surface area contributed by atoms with Gasteiger partial charge in [-0.1, -0.05) is 121 Å². The van der Waals surface area contributed by atoms with E-state index in [1.807, 2.05) is 42.9 Å². The van der Waals surface area contributed by atoms with Gasteiger partial charge in [-0.25, -0.2) is 0 Å². The Balaban J connectivity index is 1.12. The molecule has 9 rings (SSSR count). The van der Waals surface area contributed by atoms with Gasteiger partial charge in [-0.3, -0.25) is 15.0 Å². The Morgan fingerprint density at radius 2 is 1.00 bits per heavy atom. The number of nitrogens with zero attached hydrogens (tertiary/aromatic N) is 3. The second-order valence-electron chi connectivity index (χ2n) is 13.0. The summed E-state index contributed by atoms with van der Waals surface area (Å²) in [5, 5.41) is 3.79. The molecule has 6 aromatic carbocycles. The predicted molar refractivity (Wildman–Crippen MR) is 214 cm³/mol. The fraction of sp³-hybridized carbons (Fsp3) is 0.0208. The summed E-state index contributed by atoms with van der Waals surface area (Å²) in [5.74, 6) is 0.